The van der Waals surface area contributed by atoms with Crippen LogP contribution in [-0.2, 0) is 11.3 Å². The van der Waals surface area contributed by atoms with E-state index in [2.05, 4.69) is 15.3 Å². The largest absolute Gasteiger partial charge is 0.309 e. The molecule has 0 spiro atoms. The Bertz CT molecular complexity index is 1410. The zero-order valence-electron chi connectivity index (χ0n) is 16.2. The van der Waals surface area contributed by atoms with Crippen LogP contribution in [0.4, 0.5) is 5.82 Å². The molecule has 5 aromatic rings. The van der Waals surface area contributed by atoms with Gasteiger partial charge in [-0.25, -0.2) is 9.97 Å². The minimum Gasteiger partial charge on any atom is -0.309 e. The van der Waals surface area contributed by atoms with Crippen molar-refractivity contribution >= 4 is 44.6 Å². The van der Waals surface area contributed by atoms with Crippen LogP contribution in [0.25, 0.3) is 31.8 Å². The average Bonchev–Trinajstić information content (AvgIpc) is 3.47. The molecule has 4 heterocycles. The van der Waals surface area contributed by atoms with Crippen LogP contribution < -0.4 is 10.9 Å². The smallest absolute Gasteiger partial charge is 0.263 e. The molecule has 0 saturated heterocycles. The number of pyridine rings is 1. The van der Waals surface area contributed by atoms with Gasteiger partial charge in [-0.1, -0.05) is 36.4 Å². The Kier molecular flexibility index (Phi) is 5.15. The predicted molar refractivity (Wildman–Crippen MR) is 125 cm³/mol. The van der Waals surface area contributed by atoms with Gasteiger partial charge in [0.05, 0.1) is 11.7 Å². The van der Waals surface area contributed by atoms with Gasteiger partial charge in [-0.15, -0.1) is 22.7 Å². The molecule has 0 bridgehead atoms. The molecule has 0 saturated carbocycles. The summed E-state index contributed by atoms with van der Waals surface area (Å²) in [4.78, 5) is 35.9. The van der Waals surface area contributed by atoms with E-state index in [1.165, 1.54) is 22.2 Å². The van der Waals surface area contributed by atoms with Gasteiger partial charge in [0.2, 0.25) is 5.91 Å². The van der Waals surface area contributed by atoms with Crippen molar-refractivity contribution in [3.8, 4) is 21.6 Å². The van der Waals surface area contributed by atoms with E-state index < -0.39 is 0 Å². The van der Waals surface area contributed by atoms with E-state index in [-0.39, 0.29) is 18.0 Å². The number of anilines is 1. The third kappa shape index (κ3) is 3.90. The summed E-state index contributed by atoms with van der Waals surface area (Å²) in [5.41, 5.74) is 2.65. The number of thiophene rings is 2. The standard InChI is InChI=1S/C23H16N4O2S2/c28-20(26-19-9-8-16(11-24-19)15-5-2-1-3-6-15)12-27-14-25-22-21(23(27)29)17(13-31-22)18-7-4-10-30-18/h1-11,13-14H,12H2,(H,24,26,28). The summed E-state index contributed by atoms with van der Waals surface area (Å²) in [6.45, 7) is -0.135. The Balaban J connectivity index is 1.35. The summed E-state index contributed by atoms with van der Waals surface area (Å²) in [5, 5.41) is 7.20. The maximum atomic E-state index is 13.0. The first-order valence-electron chi connectivity index (χ1n) is 9.51. The lowest BCUT2D eigenvalue weighted by Gasteiger charge is -2.08. The van der Waals surface area contributed by atoms with E-state index in [1.54, 1.807) is 23.6 Å². The van der Waals surface area contributed by atoms with Crippen LogP contribution in [-0.4, -0.2) is 20.4 Å². The van der Waals surface area contributed by atoms with Crippen LogP contribution in [0.2, 0.25) is 0 Å². The first-order valence-corrected chi connectivity index (χ1v) is 11.3. The maximum Gasteiger partial charge on any atom is 0.263 e. The second kappa shape index (κ2) is 8.25. The number of hydrogen-bond acceptors (Lipinski definition) is 6. The Morgan fingerprint density at radius 1 is 0.968 bits per heavy atom. The van der Waals surface area contributed by atoms with Crippen LogP contribution in [0.5, 0.6) is 0 Å². The second-order valence-corrected chi connectivity index (χ2v) is 8.64. The highest BCUT2D eigenvalue weighted by Crippen LogP contribution is 2.33. The second-order valence-electron chi connectivity index (χ2n) is 6.83. The number of hydrogen-bond donors (Lipinski definition) is 1. The SMILES string of the molecule is O=C(Cn1cnc2scc(-c3cccs3)c2c1=O)Nc1ccc(-c2ccccc2)cn1. The van der Waals surface area contributed by atoms with Crippen LogP contribution in [0.1, 0.15) is 0 Å². The van der Waals surface area contributed by atoms with Crippen LogP contribution in [0.15, 0.2) is 82.7 Å². The molecule has 31 heavy (non-hydrogen) atoms. The van der Waals surface area contributed by atoms with Gasteiger partial charge in [0.25, 0.3) is 5.56 Å². The molecule has 1 N–H and O–H groups in total. The van der Waals surface area contributed by atoms with Crippen molar-refractivity contribution in [2.24, 2.45) is 0 Å². The van der Waals surface area contributed by atoms with Gasteiger partial charge in [0, 0.05) is 27.6 Å². The third-order valence-electron chi connectivity index (χ3n) is 4.80. The Morgan fingerprint density at radius 3 is 2.58 bits per heavy atom. The fourth-order valence-corrected chi connectivity index (χ4v) is 5.02. The number of amides is 1. The fourth-order valence-electron chi connectivity index (χ4n) is 3.30. The predicted octanol–water partition coefficient (Wildman–Crippen LogP) is 4.89. The van der Waals surface area contributed by atoms with Gasteiger partial charge in [0.1, 0.15) is 17.2 Å². The summed E-state index contributed by atoms with van der Waals surface area (Å²) in [6.07, 6.45) is 3.13. The van der Waals surface area contributed by atoms with Crippen molar-refractivity contribution in [1.29, 1.82) is 0 Å². The highest BCUT2D eigenvalue weighted by Gasteiger charge is 2.15. The quantitative estimate of drug-likeness (QED) is 0.419. The lowest BCUT2D eigenvalue weighted by Crippen LogP contribution is -2.28. The number of fused-ring (bicyclic) bond motifs is 1. The van der Waals surface area contributed by atoms with Crippen LogP contribution in [0, 0.1) is 0 Å². The zero-order chi connectivity index (χ0) is 21.2. The van der Waals surface area contributed by atoms with E-state index >= 15 is 0 Å². The average molecular weight is 445 g/mol. The minimum absolute atomic E-state index is 0.135. The zero-order valence-corrected chi connectivity index (χ0v) is 17.8. The van der Waals surface area contributed by atoms with Crippen molar-refractivity contribution in [2.45, 2.75) is 6.54 Å². The molecule has 4 aromatic heterocycles. The van der Waals surface area contributed by atoms with E-state index in [0.717, 1.165) is 21.6 Å². The number of nitrogens with zero attached hydrogens (tertiary/aromatic N) is 3. The van der Waals surface area contributed by atoms with E-state index in [0.29, 0.717) is 16.0 Å². The van der Waals surface area contributed by atoms with Gasteiger partial charge in [-0.05, 0) is 29.1 Å². The van der Waals surface area contributed by atoms with Crippen molar-refractivity contribution in [3.63, 3.8) is 0 Å². The minimum atomic E-state index is -0.337. The molecule has 0 aliphatic carbocycles. The number of carbonyl (C=O) groups is 1. The molecule has 0 aliphatic heterocycles. The van der Waals surface area contributed by atoms with Crippen molar-refractivity contribution < 1.29 is 4.79 Å². The van der Waals surface area contributed by atoms with Crippen molar-refractivity contribution in [2.75, 3.05) is 5.32 Å². The number of nitrogens with one attached hydrogen (secondary N) is 1. The lowest BCUT2D eigenvalue weighted by molar-refractivity contribution is -0.116. The summed E-state index contributed by atoms with van der Waals surface area (Å²) < 4.78 is 1.33. The van der Waals surface area contributed by atoms with Gasteiger partial charge in [0.15, 0.2) is 0 Å². The molecule has 0 aliphatic rings. The lowest BCUT2D eigenvalue weighted by atomic mass is 10.1. The topological polar surface area (TPSA) is 76.9 Å². The van der Waals surface area contributed by atoms with E-state index in [4.69, 9.17) is 0 Å². The monoisotopic (exact) mass is 444 g/mol. The maximum absolute atomic E-state index is 13.0. The number of carbonyl (C=O) groups excluding carboxylic acids is 1. The highest BCUT2D eigenvalue weighted by molar-refractivity contribution is 7.18. The molecule has 1 aromatic carbocycles. The van der Waals surface area contributed by atoms with Crippen LogP contribution >= 0.6 is 22.7 Å². The van der Waals surface area contributed by atoms with E-state index in [1.807, 2.05) is 59.3 Å². The first-order chi connectivity index (χ1) is 15.2. The first kappa shape index (κ1) is 19.3. The van der Waals surface area contributed by atoms with Crippen molar-refractivity contribution in [1.82, 2.24) is 14.5 Å². The number of benzene rings is 1. The molecule has 0 atom stereocenters. The molecular formula is C23H16N4O2S2. The molecule has 152 valence electrons. The van der Waals surface area contributed by atoms with E-state index in [9.17, 15) is 9.59 Å². The molecule has 8 heteroatoms. The van der Waals surface area contributed by atoms with Gasteiger partial charge in [-0.2, -0.15) is 0 Å². The van der Waals surface area contributed by atoms with Crippen LogP contribution in [0.3, 0.4) is 0 Å². The molecule has 0 unspecified atom stereocenters. The Morgan fingerprint density at radius 2 is 1.84 bits per heavy atom. The molecule has 1 amide bonds. The van der Waals surface area contributed by atoms with Gasteiger partial charge >= 0.3 is 0 Å². The highest BCUT2D eigenvalue weighted by atomic mass is 32.1. The molecule has 0 radical (unpaired) electrons. The summed E-state index contributed by atoms with van der Waals surface area (Å²) >= 11 is 3.00. The Hall–Kier alpha value is -3.62. The summed E-state index contributed by atoms with van der Waals surface area (Å²) in [5.74, 6) is 0.0951. The van der Waals surface area contributed by atoms with Crippen molar-refractivity contribution in [3.05, 3.63) is 88.2 Å². The summed E-state index contributed by atoms with van der Waals surface area (Å²) in [6, 6.07) is 17.4. The summed E-state index contributed by atoms with van der Waals surface area (Å²) in [7, 11) is 0. The number of aromatic nitrogens is 3. The molecule has 6 nitrogen and oxygen atoms in total. The molecular weight excluding hydrogens is 428 g/mol. The fraction of sp³-hybridized carbons (Fsp3) is 0.0435. The van der Waals surface area contributed by atoms with Gasteiger partial charge < -0.3 is 5.32 Å². The molecule has 0 fully saturated rings. The third-order valence-corrected chi connectivity index (χ3v) is 6.59. The van der Waals surface area contributed by atoms with Gasteiger partial charge in [-0.3, -0.25) is 14.2 Å². The molecule has 5 rings (SSSR count). The normalized spacial score (nSPS) is 11.0. The Labute approximate surface area is 185 Å². The number of rotatable bonds is 5.